The minimum Gasteiger partial charge on any atom is -0.497 e. The molecule has 0 aliphatic heterocycles. The molecule has 0 aliphatic carbocycles. The number of ether oxygens (including phenoxy) is 2. The van der Waals surface area contributed by atoms with Crippen LogP contribution in [-0.4, -0.2) is 46.3 Å². The maximum Gasteiger partial charge on any atom is 0.197 e. The second-order valence-corrected chi connectivity index (χ2v) is 8.31. The third kappa shape index (κ3) is 4.85. The van der Waals surface area contributed by atoms with E-state index in [9.17, 15) is 4.79 Å². The number of ketones is 1. The Hall–Kier alpha value is -4.76. The van der Waals surface area contributed by atoms with E-state index in [4.69, 9.17) is 15.2 Å². The summed E-state index contributed by atoms with van der Waals surface area (Å²) in [5.74, 6) is 1.52. The van der Waals surface area contributed by atoms with Gasteiger partial charge in [-0.15, -0.1) is 0 Å². The van der Waals surface area contributed by atoms with E-state index >= 15 is 0 Å². The first kappa shape index (κ1) is 24.0. The highest BCUT2D eigenvalue weighted by molar-refractivity contribution is 6.10. The molecule has 9 nitrogen and oxygen atoms in total. The van der Waals surface area contributed by atoms with Crippen LogP contribution in [-0.2, 0) is 6.54 Å². The lowest BCUT2D eigenvalue weighted by Crippen LogP contribution is -2.15. The first-order chi connectivity index (χ1) is 18.1. The molecule has 0 saturated carbocycles. The monoisotopic (exact) mass is 494 g/mol. The van der Waals surface area contributed by atoms with Crippen LogP contribution in [0.5, 0.6) is 11.5 Å². The lowest BCUT2D eigenvalue weighted by molar-refractivity contribution is 0.0997. The van der Waals surface area contributed by atoms with Gasteiger partial charge in [-0.25, -0.2) is 14.6 Å². The summed E-state index contributed by atoms with van der Waals surface area (Å²) in [5.41, 5.74) is 10.2. The first-order valence-electron chi connectivity index (χ1n) is 11.7. The normalized spacial score (nSPS) is 10.9. The van der Waals surface area contributed by atoms with E-state index in [-0.39, 0.29) is 18.0 Å². The van der Waals surface area contributed by atoms with Gasteiger partial charge in [-0.1, -0.05) is 48.5 Å². The Morgan fingerprint density at radius 1 is 0.946 bits per heavy atom. The summed E-state index contributed by atoms with van der Waals surface area (Å²) in [6, 6.07) is 23.5. The standard InChI is InChI=1S/C28H26N6O3/c1-36-21-11-8-18(9-12-21)16-34-28-25(26(33-34)23(35)15-29)27(30-17-31-28)32-22-14-20(10-13-24(22)37-2)19-6-4-3-5-7-19/h3-14,17H,15-16,29H2,1-2H3,(H,30,31,32). The van der Waals surface area contributed by atoms with E-state index in [1.807, 2.05) is 72.8 Å². The molecule has 0 atom stereocenters. The van der Waals surface area contributed by atoms with Gasteiger partial charge in [0.15, 0.2) is 11.4 Å². The largest absolute Gasteiger partial charge is 0.497 e. The number of methoxy groups -OCH3 is 2. The van der Waals surface area contributed by atoms with Crippen LogP contribution < -0.4 is 20.5 Å². The molecule has 0 amide bonds. The SMILES string of the molecule is COc1ccc(Cn2nc(C(=O)CN)c3c(Nc4cc(-c5ccccc5)ccc4OC)ncnc32)cc1. The van der Waals surface area contributed by atoms with Crippen molar-refractivity contribution in [2.75, 3.05) is 26.1 Å². The summed E-state index contributed by atoms with van der Waals surface area (Å²) < 4.78 is 12.5. The molecular weight excluding hydrogens is 468 g/mol. The molecule has 0 saturated heterocycles. The highest BCUT2D eigenvalue weighted by Crippen LogP contribution is 2.35. The molecular formula is C28H26N6O3. The van der Waals surface area contributed by atoms with E-state index in [2.05, 4.69) is 20.4 Å². The number of fused-ring (bicyclic) bond motifs is 1. The number of rotatable bonds is 9. The van der Waals surface area contributed by atoms with E-state index in [0.29, 0.717) is 34.8 Å². The van der Waals surface area contributed by atoms with Crippen LogP contribution in [0.3, 0.4) is 0 Å². The van der Waals surface area contributed by atoms with Gasteiger partial charge in [0, 0.05) is 0 Å². The van der Waals surface area contributed by atoms with Crippen molar-refractivity contribution >= 4 is 28.3 Å². The van der Waals surface area contributed by atoms with Crippen molar-refractivity contribution < 1.29 is 14.3 Å². The Balaban J connectivity index is 1.59. The van der Waals surface area contributed by atoms with Crippen LogP contribution in [0.2, 0.25) is 0 Å². The smallest absolute Gasteiger partial charge is 0.197 e. The second kappa shape index (κ2) is 10.5. The van der Waals surface area contributed by atoms with Crippen LogP contribution >= 0.6 is 0 Å². The fourth-order valence-corrected chi connectivity index (χ4v) is 4.15. The average Bonchev–Trinajstić information content (AvgIpc) is 3.32. The van der Waals surface area contributed by atoms with Gasteiger partial charge in [0.2, 0.25) is 0 Å². The van der Waals surface area contributed by atoms with Crippen LogP contribution in [0.1, 0.15) is 16.1 Å². The molecule has 0 bridgehead atoms. The molecule has 186 valence electrons. The Bertz CT molecular complexity index is 1550. The van der Waals surface area contributed by atoms with Crippen LogP contribution in [0.15, 0.2) is 79.1 Å². The van der Waals surface area contributed by atoms with Gasteiger partial charge >= 0.3 is 0 Å². The summed E-state index contributed by atoms with van der Waals surface area (Å²) in [5, 5.41) is 8.44. The van der Waals surface area contributed by atoms with E-state index in [1.165, 1.54) is 6.33 Å². The summed E-state index contributed by atoms with van der Waals surface area (Å²) in [4.78, 5) is 21.7. The molecule has 0 aliphatic rings. The molecule has 3 aromatic carbocycles. The van der Waals surface area contributed by atoms with Crippen molar-refractivity contribution in [2.24, 2.45) is 5.73 Å². The number of hydrogen-bond acceptors (Lipinski definition) is 8. The number of nitrogens with two attached hydrogens (primary N) is 1. The van der Waals surface area contributed by atoms with Gasteiger partial charge in [-0.3, -0.25) is 4.79 Å². The average molecular weight is 495 g/mol. The lowest BCUT2D eigenvalue weighted by Gasteiger charge is -2.13. The molecule has 0 radical (unpaired) electrons. The predicted molar refractivity (Wildman–Crippen MR) is 143 cm³/mol. The molecule has 2 heterocycles. The lowest BCUT2D eigenvalue weighted by atomic mass is 10.0. The van der Waals surface area contributed by atoms with Crippen molar-refractivity contribution in [1.82, 2.24) is 19.7 Å². The molecule has 2 aromatic heterocycles. The number of nitrogens with one attached hydrogen (secondary N) is 1. The van der Waals surface area contributed by atoms with E-state index in [0.717, 1.165) is 22.4 Å². The number of Topliss-reactive ketones (excluding diaryl/α,β-unsaturated/α-hetero) is 1. The quantitative estimate of drug-likeness (QED) is 0.289. The summed E-state index contributed by atoms with van der Waals surface area (Å²) in [6.07, 6.45) is 1.45. The summed E-state index contributed by atoms with van der Waals surface area (Å²) in [6.45, 7) is 0.220. The molecule has 37 heavy (non-hydrogen) atoms. The van der Waals surface area contributed by atoms with Gasteiger partial charge in [0.1, 0.15) is 29.3 Å². The molecule has 0 spiro atoms. The number of carbonyl (C=O) groups is 1. The number of benzene rings is 3. The molecule has 3 N–H and O–H groups in total. The Kier molecular flexibility index (Phi) is 6.78. The third-order valence-electron chi connectivity index (χ3n) is 6.03. The third-order valence-corrected chi connectivity index (χ3v) is 6.03. The highest BCUT2D eigenvalue weighted by Gasteiger charge is 2.22. The Morgan fingerprint density at radius 3 is 2.43 bits per heavy atom. The van der Waals surface area contributed by atoms with Gasteiger partial charge in [-0.2, -0.15) is 5.10 Å². The zero-order valence-electron chi connectivity index (χ0n) is 20.5. The zero-order chi connectivity index (χ0) is 25.8. The highest BCUT2D eigenvalue weighted by atomic mass is 16.5. The summed E-state index contributed by atoms with van der Waals surface area (Å²) in [7, 11) is 3.23. The van der Waals surface area contributed by atoms with Crippen molar-refractivity contribution in [2.45, 2.75) is 6.54 Å². The van der Waals surface area contributed by atoms with Gasteiger partial charge in [0.25, 0.3) is 0 Å². The topological polar surface area (TPSA) is 117 Å². The van der Waals surface area contributed by atoms with Crippen LogP contribution in [0, 0.1) is 0 Å². The van der Waals surface area contributed by atoms with Crippen molar-refractivity contribution in [3.05, 3.63) is 90.4 Å². The van der Waals surface area contributed by atoms with Crippen molar-refractivity contribution in [3.63, 3.8) is 0 Å². The van der Waals surface area contributed by atoms with Gasteiger partial charge in [-0.05, 0) is 41.0 Å². The molecule has 9 heteroatoms. The number of aromatic nitrogens is 4. The number of nitrogens with zero attached hydrogens (tertiary/aromatic N) is 4. The second-order valence-electron chi connectivity index (χ2n) is 8.31. The minimum absolute atomic E-state index is 0.185. The number of hydrogen-bond donors (Lipinski definition) is 2. The Labute approximate surface area is 213 Å². The molecule has 0 fully saturated rings. The van der Waals surface area contributed by atoms with Gasteiger partial charge < -0.3 is 20.5 Å². The fourth-order valence-electron chi connectivity index (χ4n) is 4.15. The van der Waals surface area contributed by atoms with Crippen LogP contribution in [0.4, 0.5) is 11.5 Å². The Morgan fingerprint density at radius 2 is 1.73 bits per heavy atom. The molecule has 5 aromatic rings. The van der Waals surface area contributed by atoms with Crippen LogP contribution in [0.25, 0.3) is 22.2 Å². The first-order valence-corrected chi connectivity index (χ1v) is 11.7. The predicted octanol–water partition coefficient (Wildman–Crippen LogP) is 4.44. The minimum atomic E-state index is -0.304. The fraction of sp³-hybridized carbons (Fsp3) is 0.143. The van der Waals surface area contributed by atoms with E-state index in [1.54, 1.807) is 18.9 Å². The maximum absolute atomic E-state index is 12.8. The van der Waals surface area contributed by atoms with Crippen molar-refractivity contribution in [3.8, 4) is 22.6 Å². The zero-order valence-corrected chi connectivity index (χ0v) is 20.5. The van der Waals surface area contributed by atoms with Crippen molar-refractivity contribution in [1.29, 1.82) is 0 Å². The maximum atomic E-state index is 12.8. The number of carbonyl (C=O) groups excluding carboxylic acids is 1. The summed E-state index contributed by atoms with van der Waals surface area (Å²) >= 11 is 0. The van der Waals surface area contributed by atoms with Gasteiger partial charge in [0.05, 0.1) is 38.4 Å². The molecule has 0 unspecified atom stereocenters. The number of anilines is 2. The van der Waals surface area contributed by atoms with E-state index < -0.39 is 0 Å². The molecule has 5 rings (SSSR count).